The summed E-state index contributed by atoms with van der Waals surface area (Å²) in [6.45, 7) is -0.101. The van der Waals surface area contributed by atoms with E-state index in [1.54, 1.807) is 24.3 Å². The van der Waals surface area contributed by atoms with Crippen LogP contribution in [0.4, 0.5) is 11.4 Å². The van der Waals surface area contributed by atoms with Crippen molar-refractivity contribution in [2.75, 3.05) is 17.7 Å². The highest BCUT2D eigenvalue weighted by Gasteiger charge is 2.15. The summed E-state index contributed by atoms with van der Waals surface area (Å²) in [5, 5.41) is 17.4. The van der Waals surface area contributed by atoms with E-state index < -0.39 is 17.7 Å². The van der Waals surface area contributed by atoms with Gasteiger partial charge in [-0.3, -0.25) is 14.4 Å². The molecule has 0 unspecified atom stereocenters. The van der Waals surface area contributed by atoms with Crippen molar-refractivity contribution in [3.63, 3.8) is 0 Å². The highest BCUT2D eigenvalue weighted by atomic mass is 35.5. The zero-order valence-electron chi connectivity index (χ0n) is 18.2. The highest BCUT2D eigenvalue weighted by molar-refractivity contribution is 6.40. The minimum Gasteiger partial charge on any atom is -0.497 e. The Morgan fingerprint density at radius 2 is 1.60 bits per heavy atom. The summed E-state index contributed by atoms with van der Waals surface area (Å²) >= 11 is 11.7. The fraction of sp³-hybridized carbons (Fsp3) is 0.0833. The van der Waals surface area contributed by atoms with Crippen molar-refractivity contribution in [1.82, 2.24) is 5.32 Å². The van der Waals surface area contributed by atoms with E-state index in [4.69, 9.17) is 32.4 Å². The summed E-state index contributed by atoms with van der Waals surface area (Å²) in [4.78, 5) is 36.5. The molecule has 0 saturated heterocycles. The van der Waals surface area contributed by atoms with Gasteiger partial charge in [-0.25, -0.2) is 0 Å². The number of hydrogen-bond donors (Lipinski definition) is 3. The van der Waals surface area contributed by atoms with Gasteiger partial charge in [-0.2, -0.15) is 5.26 Å². The molecule has 1 aromatic heterocycles. The summed E-state index contributed by atoms with van der Waals surface area (Å²) in [5.41, 5.74) is 0.563. The smallest absolute Gasteiger partial charge is 0.313 e. The molecule has 0 spiro atoms. The van der Waals surface area contributed by atoms with Crippen LogP contribution < -0.4 is 20.7 Å². The van der Waals surface area contributed by atoms with Gasteiger partial charge in [0.15, 0.2) is 0 Å². The van der Waals surface area contributed by atoms with Gasteiger partial charge < -0.3 is 25.1 Å². The average Bonchev–Trinajstić information content (AvgIpc) is 3.28. The first-order chi connectivity index (χ1) is 16.8. The van der Waals surface area contributed by atoms with Crippen LogP contribution in [-0.4, -0.2) is 24.8 Å². The standard InChI is InChI=1S/C24H18Cl2N4O5/c1-34-19-4-2-17(3-5-19)29-22(31)14(12-27)8-20-6-7-21(35-20)13-28-23(32)24(33)30-18-10-15(25)9-16(26)11-18/h2-11H,13H2,1H3,(H,28,32)(H,29,31)(H,30,33)/b14-8-. The molecule has 2 aromatic carbocycles. The summed E-state index contributed by atoms with van der Waals surface area (Å²) in [6.07, 6.45) is 1.26. The number of methoxy groups -OCH3 is 1. The molecule has 3 rings (SSSR count). The number of ether oxygens (including phenoxy) is 1. The molecule has 11 heteroatoms. The number of amides is 3. The summed E-state index contributed by atoms with van der Waals surface area (Å²) in [6, 6.07) is 15.9. The molecule has 9 nitrogen and oxygen atoms in total. The lowest BCUT2D eigenvalue weighted by Gasteiger charge is -2.06. The van der Waals surface area contributed by atoms with Crippen LogP contribution in [0.3, 0.4) is 0 Å². The van der Waals surface area contributed by atoms with Crippen molar-refractivity contribution < 1.29 is 23.5 Å². The monoisotopic (exact) mass is 512 g/mol. The molecule has 3 N–H and O–H groups in total. The maximum Gasteiger partial charge on any atom is 0.313 e. The topological polar surface area (TPSA) is 133 Å². The maximum atomic E-state index is 12.4. The van der Waals surface area contributed by atoms with Crippen LogP contribution in [0.2, 0.25) is 10.0 Å². The molecular formula is C24H18Cl2N4O5. The molecule has 0 radical (unpaired) electrons. The third kappa shape index (κ3) is 7.37. The third-order valence-corrected chi connectivity index (χ3v) is 4.87. The molecule has 3 aromatic rings. The van der Waals surface area contributed by atoms with Crippen molar-refractivity contribution in [2.45, 2.75) is 6.54 Å². The third-order valence-electron chi connectivity index (χ3n) is 4.43. The van der Waals surface area contributed by atoms with Gasteiger partial charge in [0, 0.05) is 27.5 Å². The molecular weight excluding hydrogens is 495 g/mol. The van der Waals surface area contributed by atoms with Gasteiger partial charge in [-0.15, -0.1) is 0 Å². The highest BCUT2D eigenvalue weighted by Crippen LogP contribution is 2.22. The molecule has 178 valence electrons. The number of nitriles is 1. The number of benzene rings is 2. The van der Waals surface area contributed by atoms with Crippen molar-refractivity contribution in [2.24, 2.45) is 0 Å². The van der Waals surface area contributed by atoms with Gasteiger partial charge in [0.25, 0.3) is 5.91 Å². The number of halogens is 2. The van der Waals surface area contributed by atoms with Gasteiger partial charge in [0.05, 0.1) is 13.7 Å². The Hall–Kier alpha value is -4.26. The molecule has 1 heterocycles. The second kappa shape index (κ2) is 11.7. The van der Waals surface area contributed by atoms with E-state index in [-0.39, 0.29) is 23.6 Å². The molecule has 0 saturated carbocycles. The Labute approximate surface area is 210 Å². The van der Waals surface area contributed by atoms with E-state index in [1.165, 1.54) is 43.5 Å². The van der Waals surface area contributed by atoms with Crippen LogP contribution in [-0.2, 0) is 20.9 Å². The van der Waals surface area contributed by atoms with Gasteiger partial charge in [-0.1, -0.05) is 23.2 Å². The van der Waals surface area contributed by atoms with Gasteiger partial charge in [0.2, 0.25) is 0 Å². The predicted molar refractivity (Wildman–Crippen MR) is 131 cm³/mol. The van der Waals surface area contributed by atoms with Crippen LogP contribution in [0.5, 0.6) is 5.75 Å². The Balaban J connectivity index is 1.57. The number of hydrogen-bond acceptors (Lipinski definition) is 6. The second-order valence-corrected chi connectivity index (χ2v) is 7.82. The molecule has 0 fully saturated rings. The van der Waals surface area contributed by atoms with Gasteiger partial charge >= 0.3 is 11.8 Å². The Morgan fingerprint density at radius 3 is 2.23 bits per heavy atom. The average molecular weight is 513 g/mol. The normalized spacial score (nSPS) is 10.7. The number of carbonyl (C=O) groups excluding carboxylic acids is 3. The van der Waals surface area contributed by atoms with E-state index >= 15 is 0 Å². The Bertz CT molecular complexity index is 1310. The quantitative estimate of drug-likeness (QED) is 0.244. The minimum atomic E-state index is -0.919. The lowest BCUT2D eigenvalue weighted by Crippen LogP contribution is -2.34. The van der Waals surface area contributed by atoms with E-state index in [0.29, 0.717) is 27.2 Å². The lowest BCUT2D eigenvalue weighted by molar-refractivity contribution is -0.136. The number of carbonyl (C=O) groups is 3. The van der Waals surface area contributed by atoms with E-state index in [9.17, 15) is 19.6 Å². The SMILES string of the molecule is COc1ccc(NC(=O)/C(C#N)=C\c2ccc(CNC(=O)C(=O)Nc3cc(Cl)cc(Cl)c3)o2)cc1. The van der Waals surface area contributed by atoms with E-state index in [1.807, 2.05) is 6.07 Å². The van der Waals surface area contributed by atoms with Crippen LogP contribution in [0.25, 0.3) is 6.08 Å². The molecule has 35 heavy (non-hydrogen) atoms. The zero-order chi connectivity index (χ0) is 25.4. The minimum absolute atomic E-state index is 0.101. The molecule has 0 aliphatic heterocycles. The van der Waals surface area contributed by atoms with E-state index in [2.05, 4.69) is 16.0 Å². The molecule has 3 amide bonds. The van der Waals surface area contributed by atoms with Crippen molar-refractivity contribution in [3.05, 3.63) is 81.7 Å². The van der Waals surface area contributed by atoms with Gasteiger partial charge in [-0.05, 0) is 54.6 Å². The molecule has 0 aliphatic rings. The maximum absolute atomic E-state index is 12.4. The fourth-order valence-electron chi connectivity index (χ4n) is 2.79. The fourth-order valence-corrected chi connectivity index (χ4v) is 3.32. The first kappa shape index (κ1) is 25.4. The first-order valence-corrected chi connectivity index (χ1v) is 10.7. The summed E-state index contributed by atoms with van der Waals surface area (Å²) in [5.74, 6) is -1.31. The van der Waals surface area contributed by atoms with Crippen molar-refractivity contribution in [1.29, 1.82) is 5.26 Å². The van der Waals surface area contributed by atoms with Crippen LogP contribution in [0.15, 0.2) is 64.6 Å². The number of furan rings is 1. The molecule has 0 aliphatic carbocycles. The largest absolute Gasteiger partial charge is 0.497 e. The lowest BCUT2D eigenvalue weighted by atomic mass is 10.2. The zero-order valence-corrected chi connectivity index (χ0v) is 19.7. The number of nitrogens with zero attached hydrogens (tertiary/aromatic N) is 1. The summed E-state index contributed by atoms with van der Waals surface area (Å²) in [7, 11) is 1.53. The Kier molecular flexibility index (Phi) is 8.51. The first-order valence-electron chi connectivity index (χ1n) is 9.98. The second-order valence-electron chi connectivity index (χ2n) is 6.95. The molecule has 0 bridgehead atoms. The molecule has 0 atom stereocenters. The van der Waals surface area contributed by atoms with E-state index in [0.717, 1.165) is 0 Å². The predicted octanol–water partition coefficient (Wildman–Crippen LogP) is 4.40. The van der Waals surface area contributed by atoms with Crippen molar-refractivity contribution >= 4 is 58.4 Å². The van der Waals surface area contributed by atoms with Crippen molar-refractivity contribution in [3.8, 4) is 11.8 Å². The number of rotatable bonds is 7. The number of anilines is 2. The number of nitrogens with one attached hydrogen (secondary N) is 3. The van der Waals surface area contributed by atoms with Gasteiger partial charge in [0.1, 0.15) is 28.9 Å². The van der Waals surface area contributed by atoms with Crippen LogP contribution >= 0.6 is 23.2 Å². The Morgan fingerprint density at radius 1 is 0.943 bits per heavy atom. The van der Waals surface area contributed by atoms with Crippen LogP contribution in [0.1, 0.15) is 11.5 Å². The van der Waals surface area contributed by atoms with Crippen LogP contribution in [0, 0.1) is 11.3 Å². The summed E-state index contributed by atoms with van der Waals surface area (Å²) < 4.78 is 10.6.